The summed E-state index contributed by atoms with van der Waals surface area (Å²) in [4.78, 5) is 15.7. The highest BCUT2D eigenvalue weighted by molar-refractivity contribution is 5.89. The van der Waals surface area contributed by atoms with Gasteiger partial charge in [0.15, 0.2) is 0 Å². The lowest BCUT2D eigenvalue weighted by Crippen LogP contribution is -2.46. The van der Waals surface area contributed by atoms with Gasteiger partial charge in [0.25, 0.3) is 0 Å². The van der Waals surface area contributed by atoms with Crippen LogP contribution in [0.3, 0.4) is 0 Å². The fraction of sp³-hybridized carbons (Fsp3) is 0.300. The second kappa shape index (κ2) is 8.14. The van der Waals surface area contributed by atoms with Crippen LogP contribution in [0.4, 0.5) is 14.5 Å². The van der Waals surface area contributed by atoms with Crippen LogP contribution >= 0.6 is 0 Å². The number of piperazine rings is 1. The monoisotopic (exact) mass is 371 g/mol. The Morgan fingerprint density at radius 2 is 1.85 bits per heavy atom. The number of carbonyl (C=O) groups is 1. The highest BCUT2D eigenvalue weighted by atomic mass is 19.1. The van der Waals surface area contributed by atoms with Gasteiger partial charge in [-0.3, -0.25) is 4.90 Å². The predicted molar refractivity (Wildman–Crippen MR) is 96.3 cm³/mol. The predicted octanol–water partition coefficient (Wildman–Crippen LogP) is 2.95. The molecular weight excluding hydrogens is 352 g/mol. The fourth-order valence-corrected chi connectivity index (χ4v) is 3.15. The van der Waals surface area contributed by atoms with Crippen molar-refractivity contribution in [2.75, 3.05) is 38.2 Å². The summed E-state index contributed by atoms with van der Waals surface area (Å²) in [5.74, 6) is -1.80. The second-order valence-electron chi connectivity index (χ2n) is 6.34. The van der Waals surface area contributed by atoms with E-state index in [1.54, 1.807) is 18.2 Å². The zero-order valence-corrected chi connectivity index (χ0v) is 14.9. The van der Waals surface area contributed by atoms with Gasteiger partial charge in [-0.25, -0.2) is 13.6 Å². The minimum absolute atomic E-state index is 0.0381. The van der Waals surface area contributed by atoms with Gasteiger partial charge in [0.1, 0.15) is 17.7 Å². The topological polar surface area (TPSA) is 56.6 Å². The van der Waals surface area contributed by atoms with Crippen LogP contribution in [-0.4, -0.2) is 44.2 Å². The number of esters is 1. The van der Waals surface area contributed by atoms with Gasteiger partial charge in [-0.1, -0.05) is 6.07 Å². The maximum Gasteiger partial charge on any atom is 0.340 e. The molecule has 0 amide bonds. The van der Waals surface area contributed by atoms with Crippen molar-refractivity contribution in [3.63, 3.8) is 0 Å². The van der Waals surface area contributed by atoms with E-state index in [-0.39, 0.29) is 11.1 Å². The first kappa shape index (κ1) is 18.8. The standard InChI is InChI=1S/C20H19F2N3O2/c1-27-20(26)17-4-2-14(10-19(17)22)13-24-6-8-25(9-7-24)16-3-5-18(21)15(11-16)12-23/h2-5,10-11H,6-9,13H2,1H3. The zero-order valence-electron chi connectivity index (χ0n) is 14.9. The van der Waals surface area contributed by atoms with Gasteiger partial charge < -0.3 is 9.64 Å². The largest absolute Gasteiger partial charge is 0.465 e. The van der Waals surface area contributed by atoms with Crippen LogP contribution in [0, 0.1) is 23.0 Å². The summed E-state index contributed by atoms with van der Waals surface area (Å²) in [6.45, 7) is 3.51. The molecule has 1 fully saturated rings. The molecule has 0 spiro atoms. The minimum atomic E-state index is -0.691. The van der Waals surface area contributed by atoms with Gasteiger partial charge in [0, 0.05) is 38.4 Å². The lowest BCUT2D eigenvalue weighted by atomic mass is 10.1. The summed E-state index contributed by atoms with van der Waals surface area (Å²) in [6, 6.07) is 10.9. The van der Waals surface area contributed by atoms with Crippen molar-refractivity contribution in [1.82, 2.24) is 4.90 Å². The molecule has 1 heterocycles. The first-order valence-electron chi connectivity index (χ1n) is 8.55. The fourth-order valence-electron chi connectivity index (χ4n) is 3.15. The van der Waals surface area contributed by atoms with Gasteiger partial charge in [-0.2, -0.15) is 5.26 Å². The van der Waals surface area contributed by atoms with Crippen molar-refractivity contribution in [2.45, 2.75) is 6.54 Å². The molecule has 0 unspecified atom stereocenters. The van der Waals surface area contributed by atoms with Gasteiger partial charge >= 0.3 is 5.97 Å². The number of hydrogen-bond acceptors (Lipinski definition) is 5. The van der Waals surface area contributed by atoms with Gasteiger partial charge in [-0.05, 0) is 35.9 Å². The van der Waals surface area contributed by atoms with E-state index in [1.807, 2.05) is 6.07 Å². The Bertz CT molecular complexity index is 887. The highest BCUT2D eigenvalue weighted by Gasteiger charge is 2.19. The van der Waals surface area contributed by atoms with E-state index in [2.05, 4.69) is 14.5 Å². The second-order valence-corrected chi connectivity index (χ2v) is 6.34. The zero-order chi connectivity index (χ0) is 19.4. The lowest BCUT2D eigenvalue weighted by Gasteiger charge is -2.36. The van der Waals surface area contributed by atoms with Crippen molar-refractivity contribution in [3.8, 4) is 6.07 Å². The molecule has 0 N–H and O–H groups in total. The van der Waals surface area contributed by atoms with Crippen LogP contribution in [0.2, 0.25) is 0 Å². The first-order valence-corrected chi connectivity index (χ1v) is 8.55. The van der Waals surface area contributed by atoms with Crippen molar-refractivity contribution in [2.24, 2.45) is 0 Å². The Labute approximate surface area is 156 Å². The number of nitrogens with zero attached hydrogens (tertiary/aromatic N) is 3. The van der Waals surface area contributed by atoms with E-state index in [1.165, 1.54) is 25.3 Å². The first-order chi connectivity index (χ1) is 13.0. The van der Waals surface area contributed by atoms with Crippen LogP contribution < -0.4 is 4.90 Å². The van der Waals surface area contributed by atoms with E-state index in [0.29, 0.717) is 6.54 Å². The lowest BCUT2D eigenvalue weighted by molar-refractivity contribution is 0.0595. The van der Waals surface area contributed by atoms with E-state index >= 15 is 0 Å². The molecule has 0 saturated carbocycles. The summed E-state index contributed by atoms with van der Waals surface area (Å²) in [6.07, 6.45) is 0. The van der Waals surface area contributed by atoms with Crippen molar-refractivity contribution in [3.05, 3.63) is 64.7 Å². The molecule has 2 aromatic carbocycles. The molecule has 140 valence electrons. The average molecular weight is 371 g/mol. The molecule has 3 rings (SSSR count). The molecule has 0 bridgehead atoms. The molecule has 7 heteroatoms. The maximum atomic E-state index is 14.0. The Morgan fingerprint density at radius 1 is 1.11 bits per heavy atom. The number of halogens is 2. The Hall–Kier alpha value is -2.98. The van der Waals surface area contributed by atoms with Gasteiger partial charge in [0.2, 0.25) is 0 Å². The molecule has 2 aromatic rings. The van der Waals surface area contributed by atoms with E-state index in [9.17, 15) is 13.6 Å². The minimum Gasteiger partial charge on any atom is -0.465 e. The number of methoxy groups -OCH3 is 1. The Morgan fingerprint density at radius 3 is 2.48 bits per heavy atom. The molecule has 27 heavy (non-hydrogen) atoms. The molecule has 5 nitrogen and oxygen atoms in total. The molecular formula is C20H19F2N3O2. The number of ether oxygens (including phenoxy) is 1. The SMILES string of the molecule is COC(=O)c1ccc(CN2CCN(c3ccc(F)c(C#N)c3)CC2)cc1F. The summed E-state index contributed by atoms with van der Waals surface area (Å²) in [5.41, 5.74) is 1.56. The normalized spacial score (nSPS) is 14.7. The number of hydrogen-bond donors (Lipinski definition) is 0. The summed E-state index contributed by atoms with van der Waals surface area (Å²) in [7, 11) is 1.22. The number of benzene rings is 2. The molecule has 0 atom stereocenters. The molecule has 1 aliphatic rings. The molecule has 1 saturated heterocycles. The third-order valence-corrected chi connectivity index (χ3v) is 4.65. The number of nitriles is 1. The number of anilines is 1. The molecule has 1 aliphatic heterocycles. The van der Waals surface area contributed by atoms with Gasteiger partial charge in [0.05, 0.1) is 18.2 Å². The van der Waals surface area contributed by atoms with Crippen LogP contribution in [0.25, 0.3) is 0 Å². The molecule has 0 radical (unpaired) electrons. The average Bonchev–Trinajstić information content (AvgIpc) is 2.68. The van der Waals surface area contributed by atoms with Crippen molar-refractivity contribution < 1.29 is 18.3 Å². The van der Waals surface area contributed by atoms with Crippen molar-refractivity contribution >= 4 is 11.7 Å². The van der Waals surface area contributed by atoms with Crippen LogP contribution in [0.5, 0.6) is 0 Å². The summed E-state index contributed by atoms with van der Waals surface area (Å²) < 4.78 is 32.1. The van der Waals surface area contributed by atoms with Crippen LogP contribution in [0.15, 0.2) is 36.4 Å². The Kier molecular flexibility index (Phi) is 5.67. The smallest absolute Gasteiger partial charge is 0.340 e. The van der Waals surface area contributed by atoms with Crippen LogP contribution in [-0.2, 0) is 11.3 Å². The van der Waals surface area contributed by atoms with E-state index in [4.69, 9.17) is 5.26 Å². The summed E-state index contributed by atoms with van der Waals surface area (Å²) in [5, 5.41) is 8.96. The van der Waals surface area contributed by atoms with Crippen molar-refractivity contribution in [1.29, 1.82) is 5.26 Å². The third-order valence-electron chi connectivity index (χ3n) is 4.65. The van der Waals surface area contributed by atoms with E-state index in [0.717, 1.165) is 37.4 Å². The summed E-state index contributed by atoms with van der Waals surface area (Å²) >= 11 is 0. The van der Waals surface area contributed by atoms with Gasteiger partial charge in [-0.15, -0.1) is 0 Å². The maximum absolute atomic E-state index is 14.0. The highest BCUT2D eigenvalue weighted by Crippen LogP contribution is 2.21. The third kappa shape index (κ3) is 4.23. The Balaban J connectivity index is 1.61. The molecule has 0 aliphatic carbocycles. The molecule has 0 aromatic heterocycles. The quantitative estimate of drug-likeness (QED) is 0.774. The van der Waals surface area contributed by atoms with Crippen LogP contribution in [0.1, 0.15) is 21.5 Å². The number of rotatable bonds is 4. The number of carbonyl (C=O) groups excluding carboxylic acids is 1. The van der Waals surface area contributed by atoms with E-state index < -0.39 is 17.6 Å².